The van der Waals surface area contributed by atoms with Gasteiger partial charge in [-0.25, -0.2) is 9.78 Å². The van der Waals surface area contributed by atoms with Crippen molar-refractivity contribution in [1.82, 2.24) is 4.98 Å². The van der Waals surface area contributed by atoms with Gasteiger partial charge in [0.2, 0.25) is 6.08 Å². The Hall–Kier alpha value is -1.29. The number of hydrogen-bond acceptors (Lipinski definition) is 4. The molecule has 2 rings (SSSR count). The quantitative estimate of drug-likeness (QED) is 0.643. The van der Waals surface area contributed by atoms with E-state index in [1.54, 1.807) is 11.3 Å². The summed E-state index contributed by atoms with van der Waals surface area (Å²) in [5.74, 6) is 0. The lowest BCUT2D eigenvalue weighted by atomic mass is 10.2. The summed E-state index contributed by atoms with van der Waals surface area (Å²) in [6, 6.07) is 7.94. The Labute approximate surface area is 105 Å². The Morgan fingerprint density at radius 3 is 2.81 bits per heavy atom. The number of carbonyl (C=O) groups excluding carboxylic acids is 1. The molecule has 1 aromatic carbocycles. The highest BCUT2D eigenvalue weighted by atomic mass is 79.9. The zero-order chi connectivity index (χ0) is 11.4. The van der Waals surface area contributed by atoms with E-state index in [1.807, 2.05) is 29.6 Å². The highest BCUT2D eigenvalue weighted by molar-refractivity contribution is 9.10. The van der Waals surface area contributed by atoms with Gasteiger partial charge in [0.05, 0.1) is 12.2 Å². The van der Waals surface area contributed by atoms with Gasteiger partial charge in [-0.05, 0) is 12.1 Å². The van der Waals surface area contributed by atoms with Crippen LogP contribution in [0.4, 0.5) is 0 Å². The van der Waals surface area contributed by atoms with E-state index >= 15 is 0 Å². The highest BCUT2D eigenvalue weighted by Gasteiger charge is 2.03. The summed E-state index contributed by atoms with van der Waals surface area (Å²) in [4.78, 5) is 17.8. The van der Waals surface area contributed by atoms with Gasteiger partial charge in [0, 0.05) is 15.4 Å². The molecule has 5 heteroatoms. The van der Waals surface area contributed by atoms with Gasteiger partial charge in [0.15, 0.2) is 0 Å². The average Bonchev–Trinajstić information content (AvgIpc) is 2.76. The standard InChI is InChI=1S/C11H7BrN2OS/c12-9-3-1-8(2-4-9)11-14-10(6-16-11)5-13-7-15/h1-4,6H,5H2. The van der Waals surface area contributed by atoms with E-state index in [0.29, 0.717) is 6.54 Å². The first-order valence-electron chi connectivity index (χ1n) is 4.53. The van der Waals surface area contributed by atoms with E-state index in [9.17, 15) is 4.79 Å². The van der Waals surface area contributed by atoms with Gasteiger partial charge in [-0.3, -0.25) is 0 Å². The van der Waals surface area contributed by atoms with Crippen molar-refractivity contribution in [3.63, 3.8) is 0 Å². The predicted octanol–water partition coefficient (Wildman–Crippen LogP) is 3.41. The smallest absolute Gasteiger partial charge is 0.235 e. The zero-order valence-corrected chi connectivity index (χ0v) is 10.6. The van der Waals surface area contributed by atoms with Crippen molar-refractivity contribution in [2.45, 2.75) is 6.54 Å². The van der Waals surface area contributed by atoms with E-state index in [1.165, 1.54) is 6.08 Å². The van der Waals surface area contributed by atoms with Gasteiger partial charge in [-0.1, -0.05) is 28.1 Å². The third-order valence-electron chi connectivity index (χ3n) is 1.95. The number of nitrogens with zero attached hydrogens (tertiary/aromatic N) is 2. The van der Waals surface area contributed by atoms with Gasteiger partial charge < -0.3 is 0 Å². The lowest BCUT2D eigenvalue weighted by Gasteiger charge is -1.95. The maximum absolute atomic E-state index is 9.97. The Balaban J connectivity index is 2.24. The van der Waals surface area contributed by atoms with Crippen LogP contribution < -0.4 is 0 Å². The van der Waals surface area contributed by atoms with Crippen LogP contribution in [0.3, 0.4) is 0 Å². The maximum atomic E-state index is 9.97. The number of isocyanates is 1. The van der Waals surface area contributed by atoms with Crippen molar-refractivity contribution in [1.29, 1.82) is 0 Å². The topological polar surface area (TPSA) is 42.3 Å². The van der Waals surface area contributed by atoms with Crippen molar-refractivity contribution in [3.8, 4) is 10.6 Å². The van der Waals surface area contributed by atoms with Crippen LogP contribution in [0, 0.1) is 0 Å². The fourth-order valence-electron chi connectivity index (χ4n) is 1.22. The van der Waals surface area contributed by atoms with Gasteiger partial charge >= 0.3 is 0 Å². The first kappa shape index (κ1) is 11.2. The maximum Gasteiger partial charge on any atom is 0.235 e. The second-order valence-electron chi connectivity index (χ2n) is 3.06. The molecule has 0 fully saturated rings. The first-order chi connectivity index (χ1) is 7.79. The third kappa shape index (κ3) is 2.64. The molecule has 0 bridgehead atoms. The van der Waals surface area contributed by atoms with Crippen molar-refractivity contribution in [2.75, 3.05) is 0 Å². The molecule has 0 aliphatic carbocycles. The Kier molecular flexibility index (Phi) is 3.62. The fraction of sp³-hybridized carbons (Fsp3) is 0.0909. The molecular weight excluding hydrogens is 288 g/mol. The van der Waals surface area contributed by atoms with Crippen molar-refractivity contribution in [3.05, 3.63) is 39.8 Å². The number of benzene rings is 1. The van der Waals surface area contributed by atoms with E-state index in [2.05, 4.69) is 25.9 Å². The van der Waals surface area contributed by atoms with E-state index in [4.69, 9.17) is 0 Å². The molecule has 0 radical (unpaired) electrons. The summed E-state index contributed by atoms with van der Waals surface area (Å²) in [5.41, 5.74) is 1.86. The third-order valence-corrected chi connectivity index (χ3v) is 3.42. The van der Waals surface area contributed by atoms with Crippen LogP contribution in [0.1, 0.15) is 5.69 Å². The molecule has 1 heterocycles. The number of rotatable bonds is 3. The largest absolute Gasteiger partial charge is 0.239 e. The average molecular weight is 295 g/mol. The number of hydrogen-bond donors (Lipinski definition) is 0. The minimum Gasteiger partial charge on any atom is -0.239 e. The van der Waals surface area contributed by atoms with Gasteiger partial charge in [-0.2, -0.15) is 4.99 Å². The monoisotopic (exact) mass is 294 g/mol. The van der Waals surface area contributed by atoms with Gasteiger partial charge in [-0.15, -0.1) is 11.3 Å². The summed E-state index contributed by atoms with van der Waals surface area (Å²) < 4.78 is 1.04. The van der Waals surface area contributed by atoms with E-state index in [0.717, 1.165) is 20.7 Å². The van der Waals surface area contributed by atoms with Gasteiger partial charge in [0.1, 0.15) is 5.01 Å². The Bertz CT molecular complexity index is 529. The van der Waals surface area contributed by atoms with Crippen LogP contribution in [0.15, 0.2) is 39.1 Å². The molecule has 0 aliphatic heterocycles. The summed E-state index contributed by atoms with van der Waals surface area (Å²) in [5, 5.41) is 2.83. The molecule has 16 heavy (non-hydrogen) atoms. The molecule has 80 valence electrons. The molecule has 3 nitrogen and oxygen atoms in total. The summed E-state index contributed by atoms with van der Waals surface area (Å²) in [6.45, 7) is 0.302. The molecule has 0 amide bonds. The molecule has 0 saturated heterocycles. The summed E-state index contributed by atoms with van der Waals surface area (Å²) in [6.07, 6.45) is 1.51. The Morgan fingerprint density at radius 2 is 2.12 bits per heavy atom. The Morgan fingerprint density at radius 1 is 1.38 bits per heavy atom. The van der Waals surface area contributed by atoms with Crippen LogP contribution in [-0.2, 0) is 11.3 Å². The van der Waals surface area contributed by atoms with Gasteiger partial charge in [0.25, 0.3) is 0 Å². The molecule has 0 aliphatic rings. The minimum atomic E-state index is 0.302. The van der Waals surface area contributed by atoms with E-state index < -0.39 is 0 Å². The zero-order valence-electron chi connectivity index (χ0n) is 8.18. The SMILES string of the molecule is O=C=NCc1csc(-c2ccc(Br)cc2)n1. The lowest BCUT2D eigenvalue weighted by Crippen LogP contribution is -1.81. The second kappa shape index (κ2) is 5.16. The van der Waals surface area contributed by atoms with Crippen LogP contribution in [0.25, 0.3) is 10.6 Å². The first-order valence-corrected chi connectivity index (χ1v) is 6.21. The molecule has 0 atom stereocenters. The van der Waals surface area contributed by atoms with E-state index in [-0.39, 0.29) is 0 Å². The molecule has 0 N–H and O–H groups in total. The number of thiazole rings is 1. The molecule has 1 aromatic heterocycles. The molecular formula is C11H7BrN2OS. The summed E-state index contributed by atoms with van der Waals surface area (Å²) >= 11 is 4.93. The van der Waals surface area contributed by atoms with Crippen LogP contribution in [-0.4, -0.2) is 11.1 Å². The lowest BCUT2D eigenvalue weighted by molar-refractivity contribution is 0.562. The second-order valence-corrected chi connectivity index (χ2v) is 4.83. The van der Waals surface area contributed by atoms with Crippen molar-refractivity contribution >= 4 is 33.3 Å². The fourth-order valence-corrected chi connectivity index (χ4v) is 2.30. The van der Waals surface area contributed by atoms with Crippen molar-refractivity contribution in [2.24, 2.45) is 4.99 Å². The highest BCUT2D eigenvalue weighted by Crippen LogP contribution is 2.25. The molecule has 0 spiro atoms. The number of aliphatic imine (C=N–C) groups is 1. The van der Waals surface area contributed by atoms with Crippen LogP contribution >= 0.6 is 27.3 Å². The normalized spacial score (nSPS) is 9.81. The minimum absolute atomic E-state index is 0.302. The number of halogens is 1. The molecule has 2 aromatic rings. The van der Waals surface area contributed by atoms with Crippen LogP contribution in [0.2, 0.25) is 0 Å². The van der Waals surface area contributed by atoms with Crippen molar-refractivity contribution < 1.29 is 4.79 Å². The predicted molar refractivity (Wildman–Crippen MR) is 67.1 cm³/mol. The number of aromatic nitrogens is 1. The molecule has 0 saturated carbocycles. The molecule has 0 unspecified atom stereocenters. The van der Waals surface area contributed by atoms with Crippen LogP contribution in [0.5, 0.6) is 0 Å². The summed E-state index contributed by atoms with van der Waals surface area (Å²) in [7, 11) is 0.